The van der Waals surface area contributed by atoms with E-state index in [0.29, 0.717) is 30.7 Å². The third-order valence-electron chi connectivity index (χ3n) is 6.09. The van der Waals surface area contributed by atoms with E-state index < -0.39 is 0 Å². The number of para-hydroxylation sites is 2. The van der Waals surface area contributed by atoms with Crippen LogP contribution in [0.2, 0.25) is 0 Å². The zero-order valence-electron chi connectivity index (χ0n) is 18.3. The summed E-state index contributed by atoms with van der Waals surface area (Å²) in [5.74, 6) is 1.82. The molecule has 166 valence electrons. The van der Waals surface area contributed by atoms with Gasteiger partial charge in [0, 0.05) is 24.2 Å². The molecule has 0 unspecified atom stereocenters. The van der Waals surface area contributed by atoms with Crippen LogP contribution in [0, 0.1) is 0 Å². The maximum Gasteiger partial charge on any atom is 0.251 e. The van der Waals surface area contributed by atoms with Gasteiger partial charge in [-0.2, -0.15) is 11.8 Å². The van der Waals surface area contributed by atoms with E-state index in [1.165, 1.54) is 0 Å². The Morgan fingerprint density at radius 3 is 2.53 bits per heavy atom. The lowest BCUT2D eigenvalue weighted by molar-refractivity contribution is -0.133. The van der Waals surface area contributed by atoms with Crippen LogP contribution in [0.25, 0.3) is 11.0 Å². The first-order valence-corrected chi connectivity index (χ1v) is 12.6. The van der Waals surface area contributed by atoms with Crippen molar-refractivity contribution in [3.63, 3.8) is 0 Å². The fourth-order valence-corrected chi connectivity index (χ4v) is 4.51. The summed E-state index contributed by atoms with van der Waals surface area (Å²) < 4.78 is 2.06. The molecule has 7 heteroatoms. The standard InChI is InChI=1S/C25H28N4O2S/c1-32-16-23-27-21-4-2-3-5-22(21)29(23)15-24(30)28(20-12-13-20)14-17-6-8-18(9-7-17)25(31)26-19-10-11-19/h2-9,19-20H,10-16H2,1H3,(H,26,31). The summed E-state index contributed by atoms with van der Waals surface area (Å²) in [7, 11) is 0. The lowest BCUT2D eigenvalue weighted by atomic mass is 10.1. The summed E-state index contributed by atoms with van der Waals surface area (Å²) in [6.07, 6.45) is 6.31. The molecule has 0 bridgehead atoms. The number of aromatic nitrogens is 2. The molecular weight excluding hydrogens is 420 g/mol. The number of benzene rings is 2. The van der Waals surface area contributed by atoms with Crippen LogP contribution in [0.3, 0.4) is 0 Å². The Bertz CT molecular complexity index is 1130. The Balaban J connectivity index is 1.31. The summed E-state index contributed by atoms with van der Waals surface area (Å²) in [6.45, 7) is 0.868. The molecule has 2 fully saturated rings. The molecule has 0 radical (unpaired) electrons. The van der Waals surface area contributed by atoms with Gasteiger partial charge in [-0.1, -0.05) is 24.3 Å². The van der Waals surface area contributed by atoms with Gasteiger partial charge in [-0.3, -0.25) is 9.59 Å². The van der Waals surface area contributed by atoms with Gasteiger partial charge in [0.15, 0.2) is 0 Å². The molecule has 32 heavy (non-hydrogen) atoms. The monoisotopic (exact) mass is 448 g/mol. The van der Waals surface area contributed by atoms with Crippen LogP contribution in [0.15, 0.2) is 48.5 Å². The van der Waals surface area contributed by atoms with Gasteiger partial charge < -0.3 is 14.8 Å². The van der Waals surface area contributed by atoms with Crippen molar-refractivity contribution >= 4 is 34.6 Å². The molecule has 2 saturated carbocycles. The Hall–Kier alpha value is -2.80. The van der Waals surface area contributed by atoms with E-state index in [1.54, 1.807) is 11.8 Å². The number of carbonyl (C=O) groups excluding carboxylic acids is 2. The van der Waals surface area contributed by atoms with Crippen LogP contribution in [0.5, 0.6) is 0 Å². The van der Waals surface area contributed by atoms with Crippen LogP contribution in [-0.4, -0.2) is 44.6 Å². The van der Waals surface area contributed by atoms with E-state index in [4.69, 9.17) is 4.98 Å². The summed E-state index contributed by atoms with van der Waals surface area (Å²) >= 11 is 1.71. The number of imidazole rings is 1. The van der Waals surface area contributed by atoms with Gasteiger partial charge in [0.1, 0.15) is 12.4 Å². The Kier molecular flexibility index (Phi) is 5.91. The minimum absolute atomic E-state index is 0.0116. The summed E-state index contributed by atoms with van der Waals surface area (Å²) in [5, 5.41) is 3.02. The van der Waals surface area contributed by atoms with E-state index >= 15 is 0 Å². The molecule has 2 aromatic carbocycles. The highest BCUT2D eigenvalue weighted by Gasteiger charge is 2.33. The van der Waals surface area contributed by atoms with Crippen molar-refractivity contribution in [3.05, 3.63) is 65.5 Å². The lowest BCUT2D eigenvalue weighted by Gasteiger charge is -2.23. The fraction of sp³-hybridized carbons (Fsp3) is 0.400. The lowest BCUT2D eigenvalue weighted by Crippen LogP contribution is -2.35. The molecule has 2 aliphatic carbocycles. The second-order valence-corrected chi connectivity index (χ2v) is 9.60. The maximum atomic E-state index is 13.4. The van der Waals surface area contributed by atoms with Gasteiger partial charge >= 0.3 is 0 Å². The van der Waals surface area contributed by atoms with E-state index in [9.17, 15) is 9.59 Å². The van der Waals surface area contributed by atoms with Gasteiger partial charge in [0.2, 0.25) is 5.91 Å². The average molecular weight is 449 g/mol. The highest BCUT2D eigenvalue weighted by atomic mass is 32.2. The first kappa shape index (κ1) is 21.1. The van der Waals surface area contributed by atoms with Gasteiger partial charge in [-0.05, 0) is 61.8 Å². The molecule has 2 amide bonds. The van der Waals surface area contributed by atoms with Gasteiger partial charge in [-0.15, -0.1) is 0 Å². The second kappa shape index (κ2) is 8.98. The van der Waals surface area contributed by atoms with Gasteiger partial charge in [0.05, 0.1) is 16.8 Å². The van der Waals surface area contributed by atoms with Crippen LogP contribution in [0.4, 0.5) is 0 Å². The number of fused-ring (bicyclic) bond motifs is 1. The zero-order valence-corrected chi connectivity index (χ0v) is 19.1. The minimum Gasteiger partial charge on any atom is -0.349 e. The van der Waals surface area contributed by atoms with Crippen molar-refractivity contribution in [3.8, 4) is 0 Å². The molecule has 0 spiro atoms. The third-order valence-corrected chi connectivity index (χ3v) is 6.64. The van der Waals surface area contributed by atoms with Crippen LogP contribution in [0.1, 0.15) is 47.4 Å². The Morgan fingerprint density at radius 1 is 1.09 bits per heavy atom. The van der Waals surface area contributed by atoms with Crippen molar-refractivity contribution in [1.82, 2.24) is 19.8 Å². The fourth-order valence-electron chi connectivity index (χ4n) is 4.03. The maximum absolute atomic E-state index is 13.4. The van der Waals surface area contributed by atoms with E-state index in [-0.39, 0.29) is 11.8 Å². The van der Waals surface area contributed by atoms with Gasteiger partial charge in [-0.25, -0.2) is 4.98 Å². The smallest absolute Gasteiger partial charge is 0.251 e. The highest BCUT2D eigenvalue weighted by molar-refractivity contribution is 7.97. The van der Waals surface area contributed by atoms with Crippen molar-refractivity contribution in [2.24, 2.45) is 0 Å². The zero-order chi connectivity index (χ0) is 22.1. The molecule has 1 heterocycles. The van der Waals surface area contributed by atoms with E-state index in [1.807, 2.05) is 53.4 Å². The molecule has 6 nitrogen and oxygen atoms in total. The Morgan fingerprint density at radius 2 is 1.84 bits per heavy atom. The number of thioether (sulfide) groups is 1. The van der Waals surface area contributed by atoms with E-state index in [0.717, 1.165) is 53.9 Å². The molecule has 0 aliphatic heterocycles. The van der Waals surface area contributed by atoms with Crippen LogP contribution in [-0.2, 0) is 23.6 Å². The molecule has 0 saturated heterocycles. The predicted molar refractivity (Wildman–Crippen MR) is 127 cm³/mol. The van der Waals surface area contributed by atoms with Crippen molar-refractivity contribution in [1.29, 1.82) is 0 Å². The first-order chi connectivity index (χ1) is 15.6. The largest absolute Gasteiger partial charge is 0.349 e. The number of hydrogen-bond acceptors (Lipinski definition) is 4. The van der Waals surface area contributed by atoms with Gasteiger partial charge in [0.25, 0.3) is 5.91 Å². The highest BCUT2D eigenvalue weighted by Crippen LogP contribution is 2.29. The first-order valence-electron chi connectivity index (χ1n) is 11.2. The molecule has 0 atom stereocenters. The van der Waals surface area contributed by atoms with Crippen molar-refractivity contribution in [2.75, 3.05) is 6.26 Å². The van der Waals surface area contributed by atoms with Crippen LogP contribution < -0.4 is 5.32 Å². The SMILES string of the molecule is CSCc1nc2ccccc2n1CC(=O)N(Cc1ccc(C(=O)NC2CC2)cc1)C1CC1. The van der Waals surface area contributed by atoms with Crippen molar-refractivity contribution < 1.29 is 9.59 Å². The van der Waals surface area contributed by atoms with E-state index in [2.05, 4.69) is 16.1 Å². The third kappa shape index (κ3) is 4.67. The second-order valence-electron chi connectivity index (χ2n) is 8.73. The number of carbonyl (C=O) groups is 2. The summed E-state index contributed by atoms with van der Waals surface area (Å²) in [5.41, 5.74) is 3.67. The molecule has 2 aliphatic rings. The number of nitrogens with one attached hydrogen (secondary N) is 1. The van der Waals surface area contributed by atoms with Crippen molar-refractivity contribution in [2.45, 2.75) is 56.6 Å². The topological polar surface area (TPSA) is 67.2 Å². The molecule has 1 N–H and O–H groups in total. The normalized spacial score (nSPS) is 15.7. The number of amides is 2. The molecule has 3 aromatic rings. The Labute approximate surface area is 192 Å². The number of nitrogens with zero attached hydrogens (tertiary/aromatic N) is 3. The predicted octanol–water partition coefficient (Wildman–Crippen LogP) is 3.98. The molecule has 5 rings (SSSR count). The quantitative estimate of drug-likeness (QED) is 0.538. The number of rotatable bonds is 9. The summed E-state index contributed by atoms with van der Waals surface area (Å²) in [6, 6.07) is 16.3. The number of hydrogen-bond donors (Lipinski definition) is 1. The molecule has 1 aromatic heterocycles. The summed E-state index contributed by atoms with van der Waals surface area (Å²) in [4.78, 5) is 32.4. The molecular formula is C25H28N4O2S. The minimum atomic E-state index is -0.0116. The van der Waals surface area contributed by atoms with Crippen LogP contribution >= 0.6 is 11.8 Å². The average Bonchev–Trinajstić information content (AvgIpc) is 3.73.